The zero-order valence-electron chi connectivity index (χ0n) is 18.0. The number of ether oxygens (including phenoxy) is 2. The molecule has 3 fully saturated rings. The van der Waals surface area contributed by atoms with Crippen LogP contribution in [0.3, 0.4) is 0 Å². The van der Waals surface area contributed by atoms with E-state index in [0.717, 1.165) is 36.7 Å². The number of amides is 2. The van der Waals surface area contributed by atoms with Crippen molar-refractivity contribution in [2.45, 2.75) is 57.4 Å². The Labute approximate surface area is 179 Å². The Hall–Kier alpha value is -1.95. The lowest BCUT2D eigenvalue weighted by molar-refractivity contribution is 0.0462. The van der Waals surface area contributed by atoms with Crippen LogP contribution < -0.4 is 14.8 Å². The van der Waals surface area contributed by atoms with Crippen LogP contribution in [0.25, 0.3) is 0 Å². The molecule has 164 valence electrons. The van der Waals surface area contributed by atoms with Crippen LogP contribution in [0.15, 0.2) is 18.2 Å². The highest BCUT2D eigenvalue weighted by Crippen LogP contribution is 2.35. The molecule has 3 heterocycles. The number of nitrogens with zero attached hydrogens (tertiary/aromatic N) is 2. The van der Waals surface area contributed by atoms with Gasteiger partial charge in [0, 0.05) is 37.3 Å². The van der Waals surface area contributed by atoms with E-state index in [1.165, 1.54) is 58.0 Å². The van der Waals surface area contributed by atoms with E-state index in [-0.39, 0.29) is 6.03 Å². The molecule has 0 bridgehead atoms. The second-order valence-electron chi connectivity index (χ2n) is 9.49. The maximum absolute atomic E-state index is 13.3. The maximum Gasteiger partial charge on any atom is 0.321 e. The van der Waals surface area contributed by atoms with Crippen molar-refractivity contribution >= 4 is 11.7 Å². The van der Waals surface area contributed by atoms with E-state index in [1.54, 1.807) is 0 Å². The minimum absolute atomic E-state index is 0.0318. The Morgan fingerprint density at radius 3 is 2.67 bits per heavy atom. The molecule has 0 radical (unpaired) electrons. The molecule has 1 aromatic rings. The molecule has 3 aliphatic heterocycles. The first-order valence-corrected chi connectivity index (χ1v) is 12.0. The monoisotopic (exact) mass is 413 g/mol. The largest absolute Gasteiger partial charge is 0.490 e. The lowest BCUT2D eigenvalue weighted by atomic mass is 9.83. The third kappa shape index (κ3) is 4.69. The van der Waals surface area contributed by atoms with E-state index in [9.17, 15) is 4.79 Å². The molecule has 2 amide bonds. The van der Waals surface area contributed by atoms with E-state index in [4.69, 9.17) is 9.47 Å². The van der Waals surface area contributed by atoms with Crippen molar-refractivity contribution in [1.29, 1.82) is 0 Å². The molecule has 6 nitrogen and oxygen atoms in total. The van der Waals surface area contributed by atoms with Crippen LogP contribution in [-0.2, 0) is 0 Å². The standard InChI is InChI=1S/C24H35N3O3/c28-24(25-20-9-10-22-23(15-20)30-14-4-13-29-22)27(16-18-7-8-18)17-19-5-3-12-26-11-2-1-6-21(19)26/h9-10,15,18-19,21H,1-8,11-14,16-17H2,(H,25,28). The van der Waals surface area contributed by atoms with Gasteiger partial charge in [-0.25, -0.2) is 4.79 Å². The van der Waals surface area contributed by atoms with Crippen molar-refractivity contribution in [3.05, 3.63) is 18.2 Å². The van der Waals surface area contributed by atoms with Gasteiger partial charge in [-0.2, -0.15) is 0 Å². The van der Waals surface area contributed by atoms with Crippen LogP contribution in [0.4, 0.5) is 10.5 Å². The molecule has 1 aliphatic carbocycles. The summed E-state index contributed by atoms with van der Waals surface area (Å²) in [5, 5.41) is 3.15. The summed E-state index contributed by atoms with van der Waals surface area (Å²) in [7, 11) is 0. The van der Waals surface area contributed by atoms with Gasteiger partial charge in [0.05, 0.1) is 13.2 Å². The van der Waals surface area contributed by atoms with Crippen LogP contribution >= 0.6 is 0 Å². The number of carbonyl (C=O) groups excluding carboxylic acids is 1. The summed E-state index contributed by atoms with van der Waals surface area (Å²) in [5.41, 5.74) is 0.785. The number of anilines is 1. The lowest BCUT2D eigenvalue weighted by Gasteiger charge is -2.45. The molecule has 1 saturated carbocycles. The first-order chi connectivity index (χ1) is 14.8. The van der Waals surface area contributed by atoms with Gasteiger partial charge in [0.2, 0.25) is 0 Å². The zero-order valence-corrected chi connectivity index (χ0v) is 18.0. The normalized spacial score (nSPS) is 26.4. The van der Waals surface area contributed by atoms with Gasteiger partial charge in [-0.15, -0.1) is 0 Å². The van der Waals surface area contributed by atoms with E-state index in [0.29, 0.717) is 31.1 Å². The lowest BCUT2D eigenvalue weighted by Crippen LogP contribution is -2.52. The van der Waals surface area contributed by atoms with Crippen LogP contribution in [0.5, 0.6) is 11.5 Å². The van der Waals surface area contributed by atoms with Gasteiger partial charge in [-0.1, -0.05) is 6.42 Å². The highest BCUT2D eigenvalue weighted by Gasteiger charge is 2.36. The molecule has 5 rings (SSSR count). The second kappa shape index (κ2) is 9.04. The zero-order chi connectivity index (χ0) is 20.3. The van der Waals surface area contributed by atoms with Gasteiger partial charge in [0.25, 0.3) is 0 Å². The summed E-state index contributed by atoms with van der Waals surface area (Å²) < 4.78 is 11.5. The van der Waals surface area contributed by atoms with E-state index in [2.05, 4.69) is 15.1 Å². The Morgan fingerprint density at radius 2 is 1.80 bits per heavy atom. The summed E-state index contributed by atoms with van der Waals surface area (Å²) in [5.74, 6) is 2.78. The van der Waals surface area contributed by atoms with Crippen LogP contribution in [0, 0.1) is 11.8 Å². The highest BCUT2D eigenvalue weighted by molar-refractivity contribution is 5.89. The van der Waals surface area contributed by atoms with Crippen molar-refractivity contribution in [2.24, 2.45) is 11.8 Å². The summed E-state index contributed by atoms with van der Waals surface area (Å²) >= 11 is 0. The van der Waals surface area contributed by atoms with E-state index >= 15 is 0 Å². The van der Waals surface area contributed by atoms with Crippen molar-refractivity contribution in [3.63, 3.8) is 0 Å². The Morgan fingerprint density at radius 1 is 0.967 bits per heavy atom. The quantitative estimate of drug-likeness (QED) is 0.779. The maximum atomic E-state index is 13.3. The van der Waals surface area contributed by atoms with Gasteiger partial charge in [0.1, 0.15) is 0 Å². The molecule has 0 spiro atoms. The molecular formula is C24H35N3O3. The summed E-state index contributed by atoms with van der Waals surface area (Å²) in [6, 6.07) is 6.42. The first kappa shape index (κ1) is 20.0. The number of piperidine rings is 2. The fourth-order valence-electron chi connectivity index (χ4n) is 5.37. The summed E-state index contributed by atoms with van der Waals surface area (Å²) in [6.45, 7) is 5.58. The smallest absolute Gasteiger partial charge is 0.321 e. The van der Waals surface area contributed by atoms with Crippen molar-refractivity contribution in [2.75, 3.05) is 44.7 Å². The second-order valence-corrected chi connectivity index (χ2v) is 9.49. The Kier molecular flexibility index (Phi) is 6.02. The summed E-state index contributed by atoms with van der Waals surface area (Å²) in [6.07, 6.45) is 9.88. The average molecular weight is 414 g/mol. The SMILES string of the molecule is O=C(Nc1ccc2c(c1)OCCCO2)N(CC1CC1)CC1CCCN2CCCCC12. The van der Waals surface area contributed by atoms with Gasteiger partial charge < -0.3 is 24.6 Å². The number of nitrogens with one attached hydrogen (secondary N) is 1. The molecule has 1 N–H and O–H groups in total. The molecule has 30 heavy (non-hydrogen) atoms. The van der Waals surface area contributed by atoms with Gasteiger partial charge in [-0.3, -0.25) is 0 Å². The molecule has 6 heteroatoms. The average Bonchev–Trinajstić information content (AvgIpc) is 3.60. The molecule has 2 atom stereocenters. The third-order valence-electron chi connectivity index (χ3n) is 7.15. The predicted molar refractivity (Wildman–Crippen MR) is 117 cm³/mol. The van der Waals surface area contributed by atoms with Gasteiger partial charge >= 0.3 is 6.03 Å². The number of fused-ring (bicyclic) bond motifs is 2. The number of benzene rings is 1. The number of rotatable bonds is 5. The molecule has 2 unspecified atom stereocenters. The van der Waals surface area contributed by atoms with E-state index in [1.807, 2.05) is 18.2 Å². The molecular weight excluding hydrogens is 378 g/mol. The highest BCUT2D eigenvalue weighted by atomic mass is 16.5. The topological polar surface area (TPSA) is 54.0 Å². The fourth-order valence-corrected chi connectivity index (χ4v) is 5.37. The Bertz CT molecular complexity index is 749. The van der Waals surface area contributed by atoms with Crippen LogP contribution in [0.2, 0.25) is 0 Å². The molecule has 0 aromatic heterocycles. The minimum atomic E-state index is 0.0318. The van der Waals surface area contributed by atoms with Gasteiger partial charge in [0.15, 0.2) is 11.5 Å². The minimum Gasteiger partial charge on any atom is -0.490 e. The van der Waals surface area contributed by atoms with Crippen molar-refractivity contribution in [3.8, 4) is 11.5 Å². The number of hydrogen-bond donors (Lipinski definition) is 1. The van der Waals surface area contributed by atoms with Crippen molar-refractivity contribution in [1.82, 2.24) is 9.80 Å². The first-order valence-electron chi connectivity index (χ1n) is 12.0. The van der Waals surface area contributed by atoms with Crippen LogP contribution in [0.1, 0.15) is 51.4 Å². The van der Waals surface area contributed by atoms with Crippen molar-refractivity contribution < 1.29 is 14.3 Å². The van der Waals surface area contributed by atoms with E-state index < -0.39 is 0 Å². The predicted octanol–water partition coefficient (Wildman–Crippen LogP) is 4.36. The summed E-state index contributed by atoms with van der Waals surface area (Å²) in [4.78, 5) is 18.1. The molecule has 4 aliphatic rings. The fraction of sp³-hybridized carbons (Fsp3) is 0.708. The molecule has 2 saturated heterocycles. The Balaban J connectivity index is 1.26. The number of hydrogen-bond acceptors (Lipinski definition) is 4. The molecule has 1 aromatic carbocycles. The third-order valence-corrected chi connectivity index (χ3v) is 7.15. The number of urea groups is 1. The van der Waals surface area contributed by atoms with Gasteiger partial charge in [-0.05, 0) is 75.6 Å². The van der Waals surface area contributed by atoms with Crippen LogP contribution in [-0.4, -0.2) is 61.3 Å². The number of carbonyl (C=O) groups is 1.